The Hall–Kier alpha value is -1.07. The molecule has 4 nitrogen and oxygen atoms in total. The maximum absolute atomic E-state index is 11.4. The molecule has 0 unspecified atom stereocenters. The van der Waals surface area contributed by atoms with Gasteiger partial charge in [0.05, 0.1) is 7.11 Å². The van der Waals surface area contributed by atoms with E-state index in [1.807, 2.05) is 0 Å². The van der Waals surface area contributed by atoms with Crippen molar-refractivity contribution in [2.24, 2.45) is 5.73 Å². The molecule has 0 fully saturated rings. The van der Waals surface area contributed by atoms with E-state index in [4.69, 9.17) is 10.5 Å². The van der Waals surface area contributed by atoms with Gasteiger partial charge in [-0.1, -0.05) is 6.07 Å². The Kier molecular flexibility index (Phi) is 3.71. The molecule has 0 aliphatic heterocycles. The van der Waals surface area contributed by atoms with E-state index in [-0.39, 0.29) is 4.90 Å². The first-order valence-electron chi connectivity index (χ1n) is 4.56. The Morgan fingerprint density at radius 1 is 1.40 bits per heavy atom. The summed E-state index contributed by atoms with van der Waals surface area (Å²) < 4.78 is 27.8. The van der Waals surface area contributed by atoms with Crippen LogP contribution in [0.25, 0.3) is 0 Å². The minimum Gasteiger partial charge on any atom is -0.495 e. The number of hydrogen-bond donors (Lipinski definition) is 1. The smallest absolute Gasteiger partial charge is 0.179 e. The first-order valence-corrected chi connectivity index (χ1v) is 6.45. The highest BCUT2D eigenvalue weighted by Crippen LogP contribution is 2.24. The van der Waals surface area contributed by atoms with Crippen molar-refractivity contribution < 1.29 is 13.2 Å². The van der Waals surface area contributed by atoms with Gasteiger partial charge in [0.25, 0.3) is 0 Å². The molecule has 0 spiro atoms. The Labute approximate surface area is 90.0 Å². The molecule has 0 aromatic heterocycles. The zero-order chi connectivity index (χ0) is 11.5. The molecule has 1 aromatic carbocycles. The standard InChI is InChI=1S/C10H15NO3S/c1-14-9-7-8(5-6-11)3-4-10(9)15(2,12)13/h3-4,7H,5-6,11H2,1-2H3. The SMILES string of the molecule is COc1cc(CCN)ccc1S(C)(=O)=O. The van der Waals surface area contributed by atoms with Crippen molar-refractivity contribution in [2.45, 2.75) is 11.3 Å². The van der Waals surface area contributed by atoms with Gasteiger partial charge in [0, 0.05) is 6.26 Å². The van der Waals surface area contributed by atoms with Crippen LogP contribution in [-0.4, -0.2) is 28.3 Å². The molecule has 1 aromatic rings. The maximum atomic E-state index is 11.4. The number of ether oxygens (including phenoxy) is 1. The van der Waals surface area contributed by atoms with E-state index in [2.05, 4.69) is 0 Å². The van der Waals surface area contributed by atoms with Gasteiger partial charge in [-0.2, -0.15) is 0 Å². The highest BCUT2D eigenvalue weighted by molar-refractivity contribution is 7.90. The summed E-state index contributed by atoms with van der Waals surface area (Å²) in [5.41, 5.74) is 6.39. The van der Waals surface area contributed by atoms with Gasteiger partial charge in [-0.05, 0) is 30.7 Å². The predicted molar refractivity (Wildman–Crippen MR) is 58.9 cm³/mol. The van der Waals surface area contributed by atoms with Gasteiger partial charge in [-0.3, -0.25) is 0 Å². The molecule has 0 saturated heterocycles. The van der Waals surface area contributed by atoms with Crippen LogP contribution in [0.2, 0.25) is 0 Å². The van der Waals surface area contributed by atoms with Gasteiger partial charge < -0.3 is 10.5 Å². The molecule has 1 rings (SSSR count). The molecule has 84 valence electrons. The fourth-order valence-electron chi connectivity index (χ4n) is 1.34. The third-order valence-electron chi connectivity index (χ3n) is 2.06. The van der Waals surface area contributed by atoms with Gasteiger partial charge in [-0.15, -0.1) is 0 Å². The first kappa shape index (κ1) is 12.0. The first-order chi connectivity index (χ1) is 6.99. The second kappa shape index (κ2) is 4.63. The van der Waals surface area contributed by atoms with Crippen molar-refractivity contribution in [3.8, 4) is 5.75 Å². The number of sulfone groups is 1. The van der Waals surface area contributed by atoms with Crippen LogP contribution in [0.1, 0.15) is 5.56 Å². The molecular formula is C10H15NO3S. The average molecular weight is 229 g/mol. The topological polar surface area (TPSA) is 69.4 Å². The minimum absolute atomic E-state index is 0.214. The molecule has 2 N–H and O–H groups in total. The quantitative estimate of drug-likeness (QED) is 0.820. The molecule has 5 heteroatoms. The number of rotatable bonds is 4. The molecule has 0 heterocycles. The summed E-state index contributed by atoms with van der Waals surface area (Å²) in [5, 5.41) is 0. The molecule has 0 atom stereocenters. The van der Waals surface area contributed by atoms with Gasteiger partial charge in [0.15, 0.2) is 9.84 Å². The van der Waals surface area contributed by atoms with Crippen molar-refractivity contribution in [3.05, 3.63) is 23.8 Å². The normalized spacial score (nSPS) is 11.4. The number of hydrogen-bond acceptors (Lipinski definition) is 4. The minimum atomic E-state index is -3.23. The lowest BCUT2D eigenvalue weighted by Gasteiger charge is -2.08. The van der Waals surface area contributed by atoms with Crippen LogP contribution in [0.15, 0.2) is 23.1 Å². The summed E-state index contributed by atoms with van der Waals surface area (Å²) >= 11 is 0. The number of nitrogens with two attached hydrogens (primary N) is 1. The lowest BCUT2D eigenvalue weighted by Crippen LogP contribution is -2.05. The molecule has 0 saturated carbocycles. The second-order valence-corrected chi connectivity index (χ2v) is 5.28. The average Bonchev–Trinajstić information content (AvgIpc) is 2.16. The number of methoxy groups -OCH3 is 1. The second-order valence-electron chi connectivity index (χ2n) is 3.30. The molecular weight excluding hydrogens is 214 g/mol. The van der Waals surface area contributed by atoms with Crippen LogP contribution in [0.5, 0.6) is 5.75 Å². The van der Waals surface area contributed by atoms with Gasteiger partial charge in [-0.25, -0.2) is 8.42 Å². The lowest BCUT2D eigenvalue weighted by atomic mass is 10.1. The summed E-state index contributed by atoms with van der Waals surface area (Å²) in [5.74, 6) is 0.378. The third-order valence-corrected chi connectivity index (χ3v) is 3.20. The monoisotopic (exact) mass is 229 g/mol. The highest BCUT2D eigenvalue weighted by atomic mass is 32.2. The molecule has 0 bridgehead atoms. The zero-order valence-electron chi connectivity index (χ0n) is 8.86. The van der Waals surface area contributed by atoms with E-state index in [9.17, 15) is 8.42 Å². The van der Waals surface area contributed by atoms with E-state index >= 15 is 0 Å². The summed E-state index contributed by atoms with van der Waals surface area (Å²) in [6.45, 7) is 0.529. The van der Waals surface area contributed by atoms with Crippen LogP contribution in [0.4, 0.5) is 0 Å². The van der Waals surface area contributed by atoms with Crippen LogP contribution in [0, 0.1) is 0 Å². The van der Waals surface area contributed by atoms with Crippen LogP contribution < -0.4 is 10.5 Å². The van der Waals surface area contributed by atoms with Crippen LogP contribution >= 0.6 is 0 Å². The fourth-order valence-corrected chi connectivity index (χ4v) is 2.16. The Bertz CT molecular complexity index is 440. The summed E-state index contributed by atoms with van der Waals surface area (Å²) in [6.07, 6.45) is 1.87. The maximum Gasteiger partial charge on any atom is 0.179 e. The predicted octanol–water partition coefficient (Wildman–Crippen LogP) is 0.600. The van der Waals surface area contributed by atoms with E-state index in [1.54, 1.807) is 18.2 Å². The molecule has 0 aliphatic carbocycles. The summed E-state index contributed by atoms with van der Waals surface area (Å²) in [4.78, 5) is 0.214. The largest absolute Gasteiger partial charge is 0.495 e. The summed E-state index contributed by atoms with van der Waals surface area (Å²) in [6, 6.07) is 5.02. The number of benzene rings is 1. The highest BCUT2D eigenvalue weighted by Gasteiger charge is 2.13. The Morgan fingerprint density at radius 2 is 2.07 bits per heavy atom. The van der Waals surface area contributed by atoms with Crippen molar-refractivity contribution in [1.82, 2.24) is 0 Å². The Morgan fingerprint density at radius 3 is 2.53 bits per heavy atom. The fraction of sp³-hybridized carbons (Fsp3) is 0.400. The Balaban J connectivity index is 3.21. The molecule has 15 heavy (non-hydrogen) atoms. The summed E-state index contributed by atoms with van der Waals surface area (Å²) in [7, 11) is -1.78. The van der Waals surface area contributed by atoms with Crippen LogP contribution in [-0.2, 0) is 16.3 Å². The third kappa shape index (κ3) is 2.94. The van der Waals surface area contributed by atoms with E-state index < -0.39 is 9.84 Å². The van der Waals surface area contributed by atoms with E-state index in [1.165, 1.54) is 7.11 Å². The molecule has 0 aliphatic rings. The van der Waals surface area contributed by atoms with Gasteiger partial charge in [0.2, 0.25) is 0 Å². The van der Waals surface area contributed by atoms with E-state index in [0.29, 0.717) is 18.7 Å². The van der Waals surface area contributed by atoms with Crippen LogP contribution in [0.3, 0.4) is 0 Å². The zero-order valence-corrected chi connectivity index (χ0v) is 9.67. The molecule has 0 amide bonds. The van der Waals surface area contributed by atoms with Gasteiger partial charge >= 0.3 is 0 Å². The van der Waals surface area contributed by atoms with Gasteiger partial charge in [0.1, 0.15) is 10.6 Å². The van der Waals surface area contributed by atoms with Crippen molar-refractivity contribution in [2.75, 3.05) is 19.9 Å². The van der Waals surface area contributed by atoms with E-state index in [0.717, 1.165) is 11.8 Å². The van der Waals surface area contributed by atoms with Crippen molar-refractivity contribution >= 4 is 9.84 Å². The van der Waals surface area contributed by atoms with Crippen molar-refractivity contribution in [1.29, 1.82) is 0 Å². The van der Waals surface area contributed by atoms with Crippen molar-refractivity contribution in [3.63, 3.8) is 0 Å². The lowest BCUT2D eigenvalue weighted by molar-refractivity contribution is 0.402. The molecule has 0 radical (unpaired) electrons.